The van der Waals surface area contributed by atoms with Crippen LogP contribution in [0.4, 0.5) is 0 Å². The Morgan fingerprint density at radius 3 is 3.24 bits per heavy atom. The average molecular weight is 238 g/mol. The van der Waals surface area contributed by atoms with Gasteiger partial charge in [-0.05, 0) is 0 Å². The van der Waals surface area contributed by atoms with Crippen molar-refractivity contribution in [2.24, 2.45) is 0 Å². The number of aromatic amines is 1. The van der Waals surface area contributed by atoms with Crippen molar-refractivity contribution in [3.8, 4) is 0 Å². The lowest BCUT2D eigenvalue weighted by Crippen LogP contribution is -2.15. The van der Waals surface area contributed by atoms with Crippen molar-refractivity contribution < 1.29 is 14.6 Å². The molecule has 0 spiro atoms. The highest BCUT2D eigenvalue weighted by Crippen LogP contribution is 2.22. The van der Waals surface area contributed by atoms with E-state index < -0.39 is 12.5 Å². The molecule has 0 amide bonds. The number of hydrogen-bond acceptors (Lipinski definition) is 6. The van der Waals surface area contributed by atoms with Gasteiger partial charge in [0.25, 0.3) is 5.56 Å². The summed E-state index contributed by atoms with van der Waals surface area (Å²) in [4.78, 5) is 21.9. The quantitative estimate of drug-likeness (QED) is 0.694. The normalized spacial score (nSPS) is 24.5. The number of nitrogens with one attached hydrogen (secondary N) is 1. The Bertz CT molecular complexity index is 592. The van der Waals surface area contributed by atoms with Crippen molar-refractivity contribution in [3.63, 3.8) is 0 Å². The highest BCUT2D eigenvalue weighted by atomic mass is 16.7. The van der Waals surface area contributed by atoms with Gasteiger partial charge in [-0.3, -0.25) is 9.36 Å². The minimum atomic E-state index is -0.639. The molecular weight excluding hydrogens is 228 g/mol. The fourth-order valence-electron chi connectivity index (χ4n) is 1.76. The van der Waals surface area contributed by atoms with Crippen molar-refractivity contribution in [3.05, 3.63) is 23.0 Å². The molecule has 17 heavy (non-hydrogen) atoms. The van der Waals surface area contributed by atoms with Gasteiger partial charge in [0.05, 0.1) is 25.9 Å². The van der Waals surface area contributed by atoms with Crippen LogP contribution in [0.3, 0.4) is 0 Å². The second-order valence-electron chi connectivity index (χ2n) is 3.59. The minimum Gasteiger partial charge on any atom is -0.391 e. The summed E-state index contributed by atoms with van der Waals surface area (Å²) in [5.41, 5.74) is 0.385. The number of nitrogens with zero attached hydrogens (tertiary/aromatic N) is 3. The van der Waals surface area contributed by atoms with Crippen molar-refractivity contribution in [1.82, 2.24) is 19.5 Å². The molecule has 8 nitrogen and oxygen atoms in total. The number of aliphatic hydroxyl groups is 1. The molecule has 8 heteroatoms. The van der Waals surface area contributed by atoms with Crippen LogP contribution < -0.4 is 5.56 Å². The van der Waals surface area contributed by atoms with Gasteiger partial charge >= 0.3 is 0 Å². The van der Waals surface area contributed by atoms with Crippen LogP contribution in [0.2, 0.25) is 0 Å². The molecule has 1 fully saturated rings. The predicted octanol–water partition coefficient (Wildman–Crippen LogP) is -1.02. The van der Waals surface area contributed by atoms with Crippen LogP contribution in [0.1, 0.15) is 6.23 Å². The third-order valence-electron chi connectivity index (χ3n) is 2.56. The lowest BCUT2D eigenvalue weighted by atomic mass is 10.5. The molecule has 1 unspecified atom stereocenters. The van der Waals surface area contributed by atoms with Gasteiger partial charge in [0.15, 0.2) is 23.7 Å². The SMILES string of the molecule is O=c1[nH]cnc2c1ncn2[C@@H]1COC(CO)O1. The summed E-state index contributed by atoms with van der Waals surface area (Å²) < 4.78 is 12.2. The maximum Gasteiger partial charge on any atom is 0.278 e. The molecule has 0 aromatic carbocycles. The Morgan fingerprint density at radius 2 is 2.47 bits per heavy atom. The number of rotatable bonds is 2. The fraction of sp³-hybridized carbons (Fsp3) is 0.444. The van der Waals surface area contributed by atoms with Crippen LogP contribution in [-0.2, 0) is 9.47 Å². The van der Waals surface area contributed by atoms with Gasteiger partial charge in [0.2, 0.25) is 0 Å². The first-order valence-electron chi connectivity index (χ1n) is 5.07. The number of imidazole rings is 1. The molecule has 1 saturated heterocycles. The zero-order valence-corrected chi connectivity index (χ0v) is 8.74. The van der Waals surface area contributed by atoms with Crippen LogP contribution in [-0.4, -0.2) is 44.1 Å². The molecule has 3 heterocycles. The van der Waals surface area contributed by atoms with Gasteiger partial charge in [0, 0.05) is 0 Å². The number of aromatic nitrogens is 4. The summed E-state index contributed by atoms with van der Waals surface area (Å²) in [7, 11) is 0. The van der Waals surface area contributed by atoms with E-state index in [0.29, 0.717) is 5.65 Å². The molecule has 1 aliphatic rings. The van der Waals surface area contributed by atoms with E-state index in [1.165, 1.54) is 12.7 Å². The van der Waals surface area contributed by atoms with Gasteiger partial charge in [-0.25, -0.2) is 9.97 Å². The van der Waals surface area contributed by atoms with Crippen molar-refractivity contribution in [1.29, 1.82) is 0 Å². The maximum atomic E-state index is 11.4. The van der Waals surface area contributed by atoms with Crippen molar-refractivity contribution >= 4 is 11.2 Å². The number of hydrogen-bond donors (Lipinski definition) is 2. The first-order chi connectivity index (χ1) is 8.29. The zero-order valence-electron chi connectivity index (χ0n) is 8.74. The third kappa shape index (κ3) is 1.62. The lowest BCUT2D eigenvalue weighted by molar-refractivity contribution is -0.0980. The molecule has 0 aliphatic carbocycles. The molecular formula is C9H10N4O4. The Kier molecular flexibility index (Phi) is 2.39. The highest BCUT2D eigenvalue weighted by Gasteiger charge is 2.28. The molecule has 0 radical (unpaired) electrons. The fourth-order valence-corrected chi connectivity index (χ4v) is 1.76. The molecule has 1 aliphatic heterocycles. The van der Waals surface area contributed by atoms with Crippen molar-refractivity contribution in [2.75, 3.05) is 13.2 Å². The van der Waals surface area contributed by atoms with Crippen LogP contribution in [0.5, 0.6) is 0 Å². The van der Waals surface area contributed by atoms with E-state index in [2.05, 4.69) is 15.0 Å². The smallest absolute Gasteiger partial charge is 0.278 e. The summed E-state index contributed by atoms with van der Waals surface area (Å²) in [6.07, 6.45) is 1.72. The molecule has 90 valence electrons. The summed E-state index contributed by atoms with van der Waals surface area (Å²) in [6.45, 7) is 0.0717. The average Bonchev–Trinajstić information content (AvgIpc) is 2.94. The van der Waals surface area contributed by atoms with Crippen molar-refractivity contribution in [2.45, 2.75) is 12.5 Å². The Labute approximate surface area is 94.8 Å². The molecule has 2 N–H and O–H groups in total. The largest absolute Gasteiger partial charge is 0.391 e. The van der Waals surface area contributed by atoms with Gasteiger partial charge in [-0.15, -0.1) is 0 Å². The van der Waals surface area contributed by atoms with E-state index in [1.54, 1.807) is 4.57 Å². The summed E-state index contributed by atoms with van der Waals surface area (Å²) in [5, 5.41) is 8.89. The number of fused-ring (bicyclic) bond motifs is 1. The lowest BCUT2D eigenvalue weighted by Gasteiger charge is -2.10. The molecule has 0 saturated carbocycles. The van der Waals surface area contributed by atoms with Crippen LogP contribution >= 0.6 is 0 Å². The minimum absolute atomic E-state index is 0.211. The second kappa shape index (κ2) is 3.91. The monoisotopic (exact) mass is 238 g/mol. The second-order valence-corrected chi connectivity index (χ2v) is 3.59. The van der Waals surface area contributed by atoms with Gasteiger partial charge < -0.3 is 19.6 Å². The molecule has 0 bridgehead atoms. The summed E-state index contributed by atoms with van der Waals surface area (Å²) in [5.74, 6) is 0. The summed E-state index contributed by atoms with van der Waals surface area (Å²) >= 11 is 0. The Balaban J connectivity index is 2.02. The standard InChI is InChI=1S/C9H10N4O4/c14-1-6-16-2-5(17-6)13-4-12-7-8(13)10-3-11-9(7)15/h3-6,14H,1-2H2,(H,10,11,15)/t5-,6?/m0/s1. The molecule has 3 rings (SSSR count). The van der Waals surface area contributed by atoms with E-state index >= 15 is 0 Å². The van der Waals surface area contributed by atoms with E-state index in [4.69, 9.17) is 14.6 Å². The first kappa shape index (κ1) is 10.4. The van der Waals surface area contributed by atoms with E-state index in [0.717, 1.165) is 0 Å². The maximum absolute atomic E-state index is 11.4. The van der Waals surface area contributed by atoms with E-state index in [-0.39, 0.29) is 24.3 Å². The topological polar surface area (TPSA) is 102 Å². The Morgan fingerprint density at radius 1 is 1.59 bits per heavy atom. The Hall–Kier alpha value is -1.77. The van der Waals surface area contributed by atoms with E-state index in [1.807, 2.05) is 0 Å². The molecule has 2 atom stereocenters. The van der Waals surface area contributed by atoms with E-state index in [9.17, 15) is 4.79 Å². The summed E-state index contributed by atoms with van der Waals surface area (Å²) in [6, 6.07) is 0. The number of aliphatic hydroxyl groups excluding tert-OH is 1. The van der Waals surface area contributed by atoms with Gasteiger partial charge in [0.1, 0.15) is 0 Å². The van der Waals surface area contributed by atoms with Gasteiger partial charge in [-0.2, -0.15) is 0 Å². The van der Waals surface area contributed by atoms with Crippen LogP contribution in [0, 0.1) is 0 Å². The predicted molar refractivity (Wildman–Crippen MR) is 55.1 cm³/mol. The third-order valence-corrected chi connectivity index (χ3v) is 2.56. The molecule has 2 aromatic rings. The highest BCUT2D eigenvalue weighted by molar-refractivity contribution is 5.68. The number of H-pyrrole nitrogens is 1. The van der Waals surface area contributed by atoms with Gasteiger partial charge in [-0.1, -0.05) is 0 Å². The van der Waals surface area contributed by atoms with Crippen LogP contribution in [0.15, 0.2) is 17.4 Å². The molecule has 2 aromatic heterocycles. The van der Waals surface area contributed by atoms with Crippen LogP contribution in [0.25, 0.3) is 11.2 Å². The first-order valence-corrected chi connectivity index (χ1v) is 5.07. The number of ether oxygens (including phenoxy) is 2. The zero-order chi connectivity index (χ0) is 11.8.